The minimum Gasteiger partial charge on any atom is -0.445 e. The Labute approximate surface area is 383 Å². The first-order valence-electron chi connectivity index (χ1n) is 19.3. The van der Waals surface area contributed by atoms with Crippen LogP contribution in [-0.2, 0) is 41.8 Å². The lowest BCUT2D eigenvalue weighted by atomic mass is 10.2. The molecule has 0 radical (unpaired) electrons. The molecule has 2 fully saturated rings. The SMILES string of the molecule is O=C(OCc1ccccc1)N1CCN(S(=O)(=O)c2c[nH]c3ccc(Br)cc3c2=O)CC1.O=C(OCc1ccccc1)N1CCNCC1.O=c1c(S(=O)(=O)Cl)c[nH]c2ccc(Br)cc12. The number of ether oxygens (including phenoxy) is 2. The topological polar surface area (TPSA) is 208 Å². The smallest absolute Gasteiger partial charge is 0.410 e. The highest BCUT2D eigenvalue weighted by Gasteiger charge is 2.33. The van der Waals surface area contributed by atoms with Gasteiger partial charge < -0.3 is 34.6 Å². The van der Waals surface area contributed by atoms with Crippen LogP contribution in [0.15, 0.2) is 138 Å². The Morgan fingerprint density at radius 1 is 0.603 bits per heavy atom. The van der Waals surface area contributed by atoms with Crippen LogP contribution in [-0.4, -0.2) is 105 Å². The highest BCUT2D eigenvalue weighted by Crippen LogP contribution is 2.21. The summed E-state index contributed by atoms with van der Waals surface area (Å²) in [5, 5.41) is 3.76. The summed E-state index contributed by atoms with van der Waals surface area (Å²) in [6, 6.07) is 29.1. The van der Waals surface area contributed by atoms with E-state index >= 15 is 0 Å². The maximum absolute atomic E-state index is 13.1. The Morgan fingerprint density at radius 2 is 1.03 bits per heavy atom. The van der Waals surface area contributed by atoms with Gasteiger partial charge in [0.1, 0.15) is 23.0 Å². The summed E-state index contributed by atoms with van der Waals surface area (Å²) in [6.45, 7) is 4.19. The minimum absolute atomic E-state index is 0.0821. The summed E-state index contributed by atoms with van der Waals surface area (Å²) in [7, 11) is -2.89. The number of H-pyrrole nitrogens is 2. The molecule has 3 N–H and O–H groups in total. The molecule has 0 unspecified atom stereocenters. The van der Waals surface area contributed by atoms with Crippen molar-refractivity contribution in [3.63, 3.8) is 0 Å². The van der Waals surface area contributed by atoms with Crippen LogP contribution in [0.4, 0.5) is 9.59 Å². The zero-order valence-corrected chi connectivity index (χ0v) is 38.9. The average Bonchev–Trinajstić information content (AvgIpc) is 3.29. The van der Waals surface area contributed by atoms with E-state index in [4.69, 9.17) is 20.2 Å². The lowest BCUT2D eigenvalue weighted by molar-refractivity contribution is 0.0838. The molecule has 21 heteroatoms. The van der Waals surface area contributed by atoms with Crippen LogP contribution in [0.25, 0.3) is 21.8 Å². The third-order valence-corrected chi connectivity index (χ3v) is 14.0. The molecular weight excluding hydrogens is 1010 g/mol. The lowest BCUT2D eigenvalue weighted by Crippen LogP contribution is -2.51. The summed E-state index contributed by atoms with van der Waals surface area (Å²) in [5.74, 6) is 0. The van der Waals surface area contributed by atoms with Gasteiger partial charge in [-0.3, -0.25) is 9.59 Å². The van der Waals surface area contributed by atoms with E-state index < -0.39 is 40.9 Å². The molecule has 0 atom stereocenters. The molecule has 0 spiro atoms. The van der Waals surface area contributed by atoms with E-state index in [0.29, 0.717) is 32.0 Å². The number of pyridine rings is 2. The molecular formula is C42H41Br2ClN6O10S2. The summed E-state index contributed by atoms with van der Waals surface area (Å²) in [6.07, 6.45) is 1.62. The van der Waals surface area contributed by atoms with Gasteiger partial charge in [-0.15, -0.1) is 0 Å². The Bertz CT molecular complexity index is 2910. The van der Waals surface area contributed by atoms with Crippen molar-refractivity contribution in [2.45, 2.75) is 23.0 Å². The van der Waals surface area contributed by atoms with Gasteiger partial charge in [0.15, 0.2) is 0 Å². The second kappa shape index (κ2) is 21.5. The van der Waals surface area contributed by atoms with Gasteiger partial charge in [0, 0.05) is 106 Å². The molecule has 4 heterocycles. The summed E-state index contributed by atoms with van der Waals surface area (Å²) < 4.78 is 61.5. The van der Waals surface area contributed by atoms with Gasteiger partial charge in [0.2, 0.25) is 20.9 Å². The molecule has 2 saturated heterocycles. The number of sulfonamides is 1. The van der Waals surface area contributed by atoms with Gasteiger partial charge in [-0.2, -0.15) is 4.31 Å². The van der Waals surface area contributed by atoms with Gasteiger partial charge in [-0.05, 0) is 47.5 Å². The van der Waals surface area contributed by atoms with Crippen LogP contribution in [0.1, 0.15) is 11.1 Å². The number of rotatable bonds is 7. The number of aromatic nitrogens is 2. The van der Waals surface area contributed by atoms with Crippen molar-refractivity contribution in [2.75, 3.05) is 52.4 Å². The van der Waals surface area contributed by atoms with Crippen molar-refractivity contribution in [3.05, 3.63) is 150 Å². The van der Waals surface area contributed by atoms with E-state index in [-0.39, 0.29) is 49.2 Å². The molecule has 0 bridgehead atoms. The maximum Gasteiger partial charge on any atom is 0.410 e. The number of benzene rings is 4. The highest BCUT2D eigenvalue weighted by molar-refractivity contribution is 9.10. The normalized spacial score (nSPS) is 14.5. The molecule has 0 saturated carbocycles. The van der Waals surface area contributed by atoms with E-state index in [0.717, 1.165) is 43.5 Å². The van der Waals surface area contributed by atoms with Gasteiger partial charge in [-0.1, -0.05) is 92.5 Å². The minimum atomic E-state index is -4.02. The van der Waals surface area contributed by atoms with Crippen molar-refractivity contribution in [2.24, 2.45) is 0 Å². The summed E-state index contributed by atoms with van der Waals surface area (Å²) in [4.78, 5) is 56.7. The first-order chi connectivity index (χ1) is 30.1. The number of nitrogens with one attached hydrogen (secondary N) is 3. The Kier molecular flexibility index (Phi) is 16.2. The number of aromatic amines is 2. The number of halogens is 3. The van der Waals surface area contributed by atoms with Crippen LogP contribution in [0.5, 0.6) is 0 Å². The summed E-state index contributed by atoms with van der Waals surface area (Å²) >= 11 is 6.51. The number of piperazine rings is 2. The molecule has 4 aromatic carbocycles. The monoisotopic (exact) mass is 1050 g/mol. The number of hydrogen-bond donors (Lipinski definition) is 3. The van der Waals surface area contributed by atoms with Crippen molar-refractivity contribution >= 4 is 95.6 Å². The van der Waals surface area contributed by atoms with Crippen LogP contribution in [0.2, 0.25) is 0 Å². The van der Waals surface area contributed by atoms with Crippen molar-refractivity contribution in [3.8, 4) is 0 Å². The fourth-order valence-corrected chi connectivity index (χ4v) is 9.51. The fraction of sp³-hybridized carbons (Fsp3) is 0.238. The molecule has 2 aromatic heterocycles. The van der Waals surface area contributed by atoms with Crippen molar-refractivity contribution < 1.29 is 35.9 Å². The molecule has 8 rings (SSSR count). The van der Waals surface area contributed by atoms with E-state index in [2.05, 4.69) is 47.1 Å². The molecule has 0 aliphatic carbocycles. The largest absolute Gasteiger partial charge is 0.445 e. The number of amides is 2. The first kappa shape index (κ1) is 47.4. The van der Waals surface area contributed by atoms with Crippen molar-refractivity contribution in [1.29, 1.82) is 0 Å². The predicted octanol–water partition coefficient (Wildman–Crippen LogP) is 6.38. The number of carbonyl (C=O) groups excluding carboxylic acids is 2. The van der Waals surface area contributed by atoms with Gasteiger partial charge in [0.05, 0.1) is 0 Å². The highest BCUT2D eigenvalue weighted by atomic mass is 79.9. The molecule has 6 aromatic rings. The summed E-state index contributed by atoms with van der Waals surface area (Å²) in [5.41, 5.74) is 1.84. The molecule has 16 nitrogen and oxygen atoms in total. The fourth-order valence-electron chi connectivity index (χ4n) is 6.43. The van der Waals surface area contributed by atoms with E-state index in [9.17, 15) is 36.0 Å². The molecule has 63 heavy (non-hydrogen) atoms. The standard InChI is InChI=1S/C21H20BrN3O5S.C12H16N2O2.C9H5BrClNO3S/c22-16-6-7-18-17(12-16)20(26)19(13-23-18)31(28,29)25-10-8-24(9-11-25)21(27)30-14-15-4-2-1-3-5-15;15-12(14-8-6-13-7-9-14)16-10-11-4-2-1-3-5-11;10-5-1-2-7-6(3-5)9(13)8(4-12-7)16(11,14)15/h1-7,12-13H,8-11,14H2,(H,23,26);1-5,13H,6-10H2;1-4H,(H,12,13). The Balaban J connectivity index is 0.000000173. The number of fused-ring (bicyclic) bond motifs is 2. The van der Waals surface area contributed by atoms with E-state index in [1.165, 1.54) is 15.4 Å². The van der Waals surface area contributed by atoms with Crippen LogP contribution >= 0.6 is 42.5 Å². The van der Waals surface area contributed by atoms with Gasteiger partial charge in [0.25, 0.3) is 9.05 Å². The third-order valence-electron chi connectivity index (χ3n) is 9.78. The quantitative estimate of drug-likeness (QED) is 0.150. The van der Waals surface area contributed by atoms with Crippen molar-refractivity contribution in [1.82, 2.24) is 29.4 Å². The molecule has 2 aliphatic heterocycles. The number of hydrogen-bond acceptors (Lipinski definition) is 11. The predicted molar refractivity (Wildman–Crippen MR) is 246 cm³/mol. The van der Waals surface area contributed by atoms with Crippen LogP contribution in [0, 0.1) is 0 Å². The zero-order valence-electron chi connectivity index (χ0n) is 33.3. The maximum atomic E-state index is 13.1. The first-order valence-corrected chi connectivity index (χ1v) is 24.6. The number of carbonyl (C=O) groups is 2. The Hall–Kier alpha value is -5.09. The van der Waals surface area contributed by atoms with Crippen LogP contribution in [0.3, 0.4) is 0 Å². The second-order valence-corrected chi connectivity index (χ2v) is 20.3. The molecule has 332 valence electrons. The molecule has 2 amide bonds. The average molecular weight is 1050 g/mol. The van der Waals surface area contributed by atoms with Gasteiger partial charge >= 0.3 is 12.2 Å². The zero-order chi connectivity index (χ0) is 45.1. The number of nitrogens with zero attached hydrogens (tertiary/aromatic N) is 3. The van der Waals surface area contributed by atoms with E-state index in [1.807, 2.05) is 60.7 Å². The lowest BCUT2D eigenvalue weighted by Gasteiger charge is -2.33. The Morgan fingerprint density at radius 3 is 1.49 bits per heavy atom. The molecule has 2 aliphatic rings. The van der Waals surface area contributed by atoms with Crippen LogP contribution < -0.4 is 16.2 Å². The van der Waals surface area contributed by atoms with Gasteiger partial charge in [-0.25, -0.2) is 26.4 Å². The second-order valence-electron chi connectivity index (χ2n) is 14.0. The van der Waals surface area contributed by atoms with E-state index in [1.54, 1.807) is 41.3 Å². The third kappa shape index (κ3) is 12.6.